The molecule has 0 saturated carbocycles. The van der Waals surface area contributed by atoms with E-state index in [4.69, 9.17) is 10.5 Å². The number of carbonyl (C=O) groups excluding carboxylic acids is 1. The van der Waals surface area contributed by atoms with Crippen molar-refractivity contribution < 1.29 is 13.9 Å². The summed E-state index contributed by atoms with van der Waals surface area (Å²) in [6.07, 6.45) is 2.16. The fourth-order valence-electron chi connectivity index (χ4n) is 2.20. The molecule has 19 heavy (non-hydrogen) atoms. The minimum absolute atomic E-state index is 0.0199. The third-order valence-electron chi connectivity index (χ3n) is 3.22. The molecule has 1 heterocycles. The minimum Gasteiger partial charge on any atom is -0.490 e. The van der Waals surface area contributed by atoms with Gasteiger partial charge in [0.2, 0.25) is 5.91 Å². The summed E-state index contributed by atoms with van der Waals surface area (Å²) in [6, 6.07) is 6.26. The van der Waals surface area contributed by atoms with Gasteiger partial charge in [-0.15, -0.1) is 0 Å². The van der Waals surface area contributed by atoms with Gasteiger partial charge in [-0.3, -0.25) is 4.79 Å². The molecule has 0 bridgehead atoms. The highest BCUT2D eigenvalue weighted by Crippen LogP contribution is 2.16. The Kier molecular flexibility index (Phi) is 4.74. The number of nitrogens with zero attached hydrogens (tertiary/aromatic N) is 1. The average molecular weight is 266 g/mol. The molecule has 1 atom stereocenters. The number of benzene rings is 1. The quantitative estimate of drug-likeness (QED) is 0.899. The number of likely N-dealkylation sites (tertiary alicyclic amines) is 1. The lowest BCUT2D eigenvalue weighted by Gasteiger charge is -2.30. The Balaban J connectivity index is 1.76. The molecule has 1 fully saturated rings. The molecular weight excluding hydrogens is 247 g/mol. The number of nitrogens with two attached hydrogens (primary N) is 1. The number of carbonyl (C=O) groups is 1. The van der Waals surface area contributed by atoms with E-state index in [9.17, 15) is 9.18 Å². The highest BCUT2D eigenvalue weighted by Gasteiger charge is 2.20. The Morgan fingerprint density at radius 2 is 2.26 bits per heavy atom. The first-order valence-corrected chi connectivity index (χ1v) is 6.57. The van der Waals surface area contributed by atoms with E-state index in [2.05, 4.69) is 0 Å². The number of amides is 1. The predicted octanol–water partition coefficient (Wildman–Crippen LogP) is 1.54. The van der Waals surface area contributed by atoms with Gasteiger partial charge in [-0.2, -0.15) is 0 Å². The number of halogens is 1. The molecule has 104 valence electrons. The van der Waals surface area contributed by atoms with E-state index in [1.165, 1.54) is 6.07 Å². The van der Waals surface area contributed by atoms with Crippen LogP contribution in [0, 0.1) is 5.82 Å². The van der Waals surface area contributed by atoms with Crippen molar-refractivity contribution in [2.24, 2.45) is 5.73 Å². The Labute approximate surface area is 112 Å². The molecule has 4 nitrogen and oxygen atoms in total. The lowest BCUT2D eigenvalue weighted by Crippen LogP contribution is -2.46. The van der Waals surface area contributed by atoms with Crippen molar-refractivity contribution in [3.63, 3.8) is 0 Å². The molecule has 1 aliphatic rings. The van der Waals surface area contributed by atoms with Gasteiger partial charge in [-0.05, 0) is 25.0 Å². The van der Waals surface area contributed by atoms with Crippen molar-refractivity contribution in [2.75, 3.05) is 19.7 Å². The van der Waals surface area contributed by atoms with Gasteiger partial charge in [0.1, 0.15) is 0 Å². The van der Waals surface area contributed by atoms with Gasteiger partial charge in [0.15, 0.2) is 11.6 Å². The van der Waals surface area contributed by atoms with Crippen LogP contribution in [-0.2, 0) is 4.79 Å². The monoisotopic (exact) mass is 266 g/mol. The van der Waals surface area contributed by atoms with Gasteiger partial charge in [0.05, 0.1) is 13.0 Å². The SMILES string of the molecule is N[C@H]1CCCN(C(=O)CCOc2ccccc2F)C1. The third kappa shape index (κ3) is 3.92. The van der Waals surface area contributed by atoms with E-state index in [0.29, 0.717) is 6.54 Å². The maximum absolute atomic E-state index is 13.3. The zero-order valence-electron chi connectivity index (χ0n) is 10.8. The van der Waals surface area contributed by atoms with Crippen LogP contribution < -0.4 is 10.5 Å². The van der Waals surface area contributed by atoms with E-state index in [1.54, 1.807) is 23.1 Å². The zero-order chi connectivity index (χ0) is 13.7. The summed E-state index contributed by atoms with van der Waals surface area (Å²) in [5.41, 5.74) is 5.83. The summed E-state index contributed by atoms with van der Waals surface area (Å²) in [7, 11) is 0. The van der Waals surface area contributed by atoms with Crippen LogP contribution >= 0.6 is 0 Å². The van der Waals surface area contributed by atoms with E-state index in [0.717, 1.165) is 19.4 Å². The Bertz CT molecular complexity index is 439. The molecule has 1 amide bonds. The Morgan fingerprint density at radius 1 is 1.47 bits per heavy atom. The summed E-state index contributed by atoms with van der Waals surface area (Å²) in [4.78, 5) is 13.7. The average Bonchev–Trinajstić information content (AvgIpc) is 2.41. The molecule has 0 unspecified atom stereocenters. The van der Waals surface area contributed by atoms with Crippen molar-refractivity contribution >= 4 is 5.91 Å². The van der Waals surface area contributed by atoms with Crippen LogP contribution in [-0.4, -0.2) is 36.5 Å². The molecule has 0 aliphatic carbocycles. The van der Waals surface area contributed by atoms with Crippen molar-refractivity contribution in [2.45, 2.75) is 25.3 Å². The fourth-order valence-corrected chi connectivity index (χ4v) is 2.20. The smallest absolute Gasteiger partial charge is 0.226 e. The van der Waals surface area contributed by atoms with Crippen LogP contribution in [0.2, 0.25) is 0 Å². The second-order valence-corrected chi connectivity index (χ2v) is 4.77. The second-order valence-electron chi connectivity index (χ2n) is 4.77. The summed E-state index contributed by atoms with van der Waals surface area (Å²) < 4.78 is 18.6. The molecular formula is C14H19FN2O2. The zero-order valence-corrected chi connectivity index (χ0v) is 10.8. The van der Waals surface area contributed by atoms with Crippen molar-refractivity contribution in [1.82, 2.24) is 4.90 Å². The summed E-state index contributed by atoms with van der Waals surface area (Å²) in [5, 5.41) is 0. The van der Waals surface area contributed by atoms with Gasteiger partial charge in [-0.25, -0.2) is 4.39 Å². The Morgan fingerprint density at radius 3 is 3.00 bits per heavy atom. The molecule has 1 aliphatic heterocycles. The van der Waals surface area contributed by atoms with Crippen LogP contribution in [0.25, 0.3) is 0 Å². The number of hydrogen-bond donors (Lipinski definition) is 1. The molecule has 0 aromatic heterocycles. The molecule has 5 heteroatoms. The van der Waals surface area contributed by atoms with E-state index in [-0.39, 0.29) is 30.7 Å². The molecule has 1 aromatic rings. The van der Waals surface area contributed by atoms with Crippen LogP contribution in [0.15, 0.2) is 24.3 Å². The first-order valence-electron chi connectivity index (χ1n) is 6.57. The predicted molar refractivity (Wildman–Crippen MR) is 70.3 cm³/mol. The van der Waals surface area contributed by atoms with Gasteiger partial charge in [-0.1, -0.05) is 12.1 Å². The molecule has 0 radical (unpaired) electrons. The van der Waals surface area contributed by atoms with Gasteiger partial charge in [0, 0.05) is 19.1 Å². The highest BCUT2D eigenvalue weighted by atomic mass is 19.1. The van der Waals surface area contributed by atoms with Crippen LogP contribution in [0.5, 0.6) is 5.75 Å². The summed E-state index contributed by atoms with van der Waals surface area (Å²) in [5.74, 6) is -0.202. The van der Waals surface area contributed by atoms with Crippen LogP contribution in [0.4, 0.5) is 4.39 Å². The fraction of sp³-hybridized carbons (Fsp3) is 0.500. The first-order chi connectivity index (χ1) is 9.16. The lowest BCUT2D eigenvalue weighted by molar-refractivity contribution is -0.132. The topological polar surface area (TPSA) is 55.6 Å². The lowest BCUT2D eigenvalue weighted by atomic mass is 10.1. The second kappa shape index (κ2) is 6.52. The number of rotatable bonds is 4. The summed E-state index contributed by atoms with van der Waals surface area (Å²) in [6.45, 7) is 1.55. The summed E-state index contributed by atoms with van der Waals surface area (Å²) >= 11 is 0. The van der Waals surface area contributed by atoms with Crippen molar-refractivity contribution in [1.29, 1.82) is 0 Å². The van der Waals surface area contributed by atoms with Gasteiger partial charge < -0.3 is 15.4 Å². The van der Waals surface area contributed by atoms with Crippen LogP contribution in [0.1, 0.15) is 19.3 Å². The van der Waals surface area contributed by atoms with E-state index in [1.807, 2.05) is 0 Å². The van der Waals surface area contributed by atoms with Gasteiger partial charge in [0.25, 0.3) is 0 Å². The van der Waals surface area contributed by atoms with Gasteiger partial charge >= 0.3 is 0 Å². The largest absolute Gasteiger partial charge is 0.490 e. The molecule has 2 N–H and O–H groups in total. The van der Waals surface area contributed by atoms with Crippen LogP contribution in [0.3, 0.4) is 0 Å². The number of hydrogen-bond acceptors (Lipinski definition) is 3. The molecule has 2 rings (SSSR count). The molecule has 1 aromatic carbocycles. The van der Waals surface area contributed by atoms with Crippen molar-refractivity contribution in [3.05, 3.63) is 30.1 Å². The van der Waals surface area contributed by atoms with Crippen molar-refractivity contribution in [3.8, 4) is 5.75 Å². The highest BCUT2D eigenvalue weighted by molar-refractivity contribution is 5.76. The maximum Gasteiger partial charge on any atom is 0.226 e. The standard InChI is InChI=1S/C14H19FN2O2/c15-12-5-1-2-6-13(12)19-9-7-14(18)17-8-3-4-11(16)10-17/h1-2,5-6,11H,3-4,7-10,16H2/t11-/m0/s1. The number of ether oxygens (including phenoxy) is 1. The first kappa shape index (κ1) is 13.8. The normalized spacial score (nSPS) is 19.3. The minimum atomic E-state index is -0.407. The molecule has 1 saturated heterocycles. The Hall–Kier alpha value is -1.62. The molecule has 0 spiro atoms. The third-order valence-corrected chi connectivity index (χ3v) is 3.22. The maximum atomic E-state index is 13.3. The number of para-hydroxylation sites is 1. The number of piperidine rings is 1. The van der Waals surface area contributed by atoms with E-state index >= 15 is 0 Å². The van der Waals surface area contributed by atoms with E-state index < -0.39 is 5.82 Å².